The predicted octanol–water partition coefficient (Wildman–Crippen LogP) is 4.22. The highest BCUT2D eigenvalue weighted by atomic mass is 35.5. The van der Waals surface area contributed by atoms with Crippen LogP contribution in [0.25, 0.3) is 0 Å². The average molecular weight is 337 g/mol. The quantitative estimate of drug-likeness (QED) is 0.851. The molecule has 118 valence electrons. The number of aryl methyl sites for hydroxylation is 3. The van der Waals surface area contributed by atoms with Crippen LogP contribution in [0.5, 0.6) is 0 Å². The monoisotopic (exact) mass is 336 g/mol. The van der Waals surface area contributed by atoms with Crippen LogP contribution in [0.2, 0.25) is 5.02 Å². The summed E-state index contributed by atoms with van der Waals surface area (Å²) in [4.78, 5) is 2.06. The van der Waals surface area contributed by atoms with Crippen LogP contribution in [-0.4, -0.2) is 21.4 Å². The summed E-state index contributed by atoms with van der Waals surface area (Å²) in [7, 11) is 1.94. The fourth-order valence-corrected chi connectivity index (χ4v) is 2.97. The molecule has 2 aromatic rings. The zero-order valence-corrected chi connectivity index (χ0v) is 15.1. The van der Waals surface area contributed by atoms with E-state index in [9.17, 15) is 0 Å². The van der Waals surface area contributed by atoms with Crippen molar-refractivity contribution in [2.75, 3.05) is 16.8 Å². The highest BCUT2D eigenvalue weighted by Crippen LogP contribution is 2.26. The van der Waals surface area contributed by atoms with Crippen LogP contribution in [0.3, 0.4) is 0 Å². The van der Waals surface area contributed by atoms with Gasteiger partial charge >= 0.3 is 0 Å². The van der Waals surface area contributed by atoms with Gasteiger partial charge in [-0.3, -0.25) is 4.68 Å². The lowest BCUT2D eigenvalue weighted by atomic mass is 10.2. The highest BCUT2D eigenvalue weighted by Gasteiger charge is 2.19. The first-order valence-corrected chi connectivity index (χ1v) is 7.98. The summed E-state index contributed by atoms with van der Waals surface area (Å²) in [5.74, 6) is 0. The van der Waals surface area contributed by atoms with Crippen LogP contribution in [0, 0.1) is 20.8 Å². The summed E-state index contributed by atoms with van der Waals surface area (Å²) in [5, 5.41) is 9.10. The first-order chi connectivity index (χ1) is 10.3. The van der Waals surface area contributed by atoms with Gasteiger partial charge in [0.05, 0.1) is 17.1 Å². The van der Waals surface area contributed by atoms with E-state index >= 15 is 0 Å². The highest BCUT2D eigenvalue weighted by molar-refractivity contribution is 7.80. The van der Waals surface area contributed by atoms with Gasteiger partial charge in [-0.05, 0) is 57.6 Å². The molecule has 0 saturated heterocycles. The summed E-state index contributed by atoms with van der Waals surface area (Å²) in [6.07, 6.45) is 0. The summed E-state index contributed by atoms with van der Waals surface area (Å²) < 4.78 is 1.88. The molecule has 1 heterocycles. The molecule has 0 unspecified atom stereocenters. The second-order valence-electron chi connectivity index (χ2n) is 5.28. The molecule has 0 aliphatic heterocycles. The Morgan fingerprint density at radius 1 is 1.36 bits per heavy atom. The van der Waals surface area contributed by atoms with Crippen LogP contribution in [-0.2, 0) is 7.05 Å². The molecule has 22 heavy (non-hydrogen) atoms. The maximum absolute atomic E-state index is 6.07. The second kappa shape index (κ2) is 6.67. The molecule has 0 bridgehead atoms. The number of rotatable bonds is 3. The van der Waals surface area contributed by atoms with Crippen molar-refractivity contribution in [1.82, 2.24) is 9.78 Å². The third-order valence-corrected chi connectivity index (χ3v) is 4.30. The molecule has 0 aliphatic carbocycles. The largest absolute Gasteiger partial charge is 0.332 e. The fourth-order valence-electron chi connectivity index (χ4n) is 2.47. The maximum atomic E-state index is 6.07. The van der Waals surface area contributed by atoms with Crippen LogP contribution in [0.1, 0.15) is 23.9 Å². The van der Waals surface area contributed by atoms with Crippen molar-refractivity contribution in [1.29, 1.82) is 0 Å². The van der Waals surface area contributed by atoms with Gasteiger partial charge < -0.3 is 10.2 Å². The molecule has 0 atom stereocenters. The van der Waals surface area contributed by atoms with Gasteiger partial charge in [-0.15, -0.1) is 0 Å². The second-order valence-corrected chi connectivity index (χ2v) is 6.10. The normalized spacial score (nSPS) is 10.6. The summed E-state index contributed by atoms with van der Waals surface area (Å²) in [5.41, 5.74) is 5.14. The molecule has 4 nitrogen and oxygen atoms in total. The van der Waals surface area contributed by atoms with Crippen molar-refractivity contribution in [3.05, 3.63) is 40.2 Å². The first kappa shape index (κ1) is 16.8. The smallest absolute Gasteiger partial charge is 0.178 e. The standard InChI is InChI=1S/C16H21ClN4S/c1-6-21(15-11(3)19-20(5)12(15)4)16(22)18-14-9-13(17)8-7-10(14)2/h7-9H,6H2,1-5H3,(H,18,22). The Morgan fingerprint density at radius 2 is 2.05 bits per heavy atom. The molecule has 0 aliphatic rings. The van der Waals surface area contributed by atoms with Crippen LogP contribution in [0.15, 0.2) is 18.2 Å². The summed E-state index contributed by atoms with van der Waals surface area (Å²) in [6, 6.07) is 5.74. The number of aromatic nitrogens is 2. The van der Waals surface area contributed by atoms with Crippen LogP contribution in [0.4, 0.5) is 11.4 Å². The van der Waals surface area contributed by atoms with Crippen LogP contribution >= 0.6 is 23.8 Å². The van der Waals surface area contributed by atoms with E-state index in [2.05, 4.69) is 22.2 Å². The van der Waals surface area contributed by atoms with Gasteiger partial charge in [-0.2, -0.15) is 5.10 Å². The molecule has 1 aromatic carbocycles. The lowest BCUT2D eigenvalue weighted by Crippen LogP contribution is -2.35. The van der Waals surface area contributed by atoms with E-state index in [4.69, 9.17) is 23.8 Å². The maximum Gasteiger partial charge on any atom is 0.178 e. The number of nitrogens with zero attached hydrogens (tertiary/aromatic N) is 3. The molecule has 0 fully saturated rings. The van der Waals surface area contributed by atoms with Crippen molar-refractivity contribution in [3.8, 4) is 0 Å². The van der Waals surface area contributed by atoms with Crippen molar-refractivity contribution >= 4 is 40.3 Å². The molecule has 1 aromatic heterocycles. The molecule has 0 radical (unpaired) electrons. The molecule has 6 heteroatoms. The third-order valence-electron chi connectivity index (χ3n) is 3.74. The van der Waals surface area contributed by atoms with Gasteiger partial charge in [-0.25, -0.2) is 0 Å². The zero-order chi connectivity index (χ0) is 16.4. The van der Waals surface area contributed by atoms with Gasteiger partial charge in [0.2, 0.25) is 0 Å². The lowest BCUT2D eigenvalue weighted by molar-refractivity contribution is 0.731. The van der Waals surface area contributed by atoms with Gasteiger partial charge in [0, 0.05) is 24.3 Å². The number of thiocarbonyl (C=S) groups is 1. The van der Waals surface area contributed by atoms with E-state index in [1.807, 2.05) is 50.7 Å². The summed E-state index contributed by atoms with van der Waals surface area (Å²) in [6.45, 7) is 8.91. The fraction of sp³-hybridized carbons (Fsp3) is 0.375. The first-order valence-electron chi connectivity index (χ1n) is 7.20. The van der Waals surface area contributed by atoms with Crippen molar-refractivity contribution in [2.45, 2.75) is 27.7 Å². The minimum atomic E-state index is 0.645. The minimum Gasteiger partial charge on any atom is -0.332 e. The zero-order valence-electron chi connectivity index (χ0n) is 13.6. The van der Waals surface area contributed by atoms with Crippen molar-refractivity contribution in [3.63, 3.8) is 0 Å². The molecule has 0 saturated carbocycles. The van der Waals surface area contributed by atoms with Gasteiger partial charge in [0.15, 0.2) is 5.11 Å². The van der Waals surface area contributed by atoms with E-state index in [0.717, 1.165) is 34.9 Å². The minimum absolute atomic E-state index is 0.645. The molecular formula is C16H21ClN4S. The van der Waals surface area contributed by atoms with Gasteiger partial charge in [0.25, 0.3) is 0 Å². The SMILES string of the molecule is CCN(C(=S)Nc1cc(Cl)ccc1C)c1c(C)nn(C)c1C. The van der Waals surface area contributed by atoms with Crippen molar-refractivity contribution in [2.24, 2.45) is 7.05 Å². The van der Waals surface area contributed by atoms with E-state index in [-0.39, 0.29) is 0 Å². The average Bonchev–Trinajstić information content (AvgIpc) is 2.70. The van der Waals surface area contributed by atoms with Gasteiger partial charge in [0.1, 0.15) is 0 Å². The summed E-state index contributed by atoms with van der Waals surface area (Å²) >= 11 is 11.7. The van der Waals surface area contributed by atoms with E-state index in [1.165, 1.54) is 0 Å². The molecular weight excluding hydrogens is 316 g/mol. The molecule has 0 amide bonds. The lowest BCUT2D eigenvalue weighted by Gasteiger charge is -2.25. The Bertz CT molecular complexity index is 708. The third kappa shape index (κ3) is 3.25. The topological polar surface area (TPSA) is 33.1 Å². The molecule has 2 rings (SSSR count). The number of benzene rings is 1. The Hall–Kier alpha value is -1.59. The number of nitrogens with one attached hydrogen (secondary N) is 1. The van der Waals surface area contributed by atoms with Crippen LogP contribution < -0.4 is 10.2 Å². The molecule has 1 N–H and O–H groups in total. The number of hydrogen-bond donors (Lipinski definition) is 1. The predicted molar refractivity (Wildman–Crippen MR) is 98.1 cm³/mol. The Morgan fingerprint density at radius 3 is 2.59 bits per heavy atom. The number of halogens is 1. The molecule has 0 spiro atoms. The Labute approximate surface area is 142 Å². The number of anilines is 2. The van der Waals surface area contributed by atoms with E-state index in [1.54, 1.807) is 0 Å². The van der Waals surface area contributed by atoms with E-state index in [0.29, 0.717) is 10.1 Å². The number of hydrogen-bond acceptors (Lipinski definition) is 2. The van der Waals surface area contributed by atoms with Gasteiger partial charge in [-0.1, -0.05) is 17.7 Å². The van der Waals surface area contributed by atoms with E-state index < -0.39 is 0 Å². The van der Waals surface area contributed by atoms with Crippen molar-refractivity contribution < 1.29 is 0 Å². The Kier molecular flexibility index (Phi) is 5.08. The Balaban J connectivity index is 2.31.